The van der Waals surface area contributed by atoms with Crippen LogP contribution in [0, 0.1) is 0 Å². The first kappa shape index (κ1) is 16.0. The Morgan fingerprint density at radius 2 is 2.00 bits per heavy atom. The number of hydrogen-bond donors (Lipinski definition) is 1. The van der Waals surface area contributed by atoms with Gasteiger partial charge in [0, 0.05) is 7.05 Å². The highest BCUT2D eigenvalue weighted by Crippen LogP contribution is 2.37. The van der Waals surface area contributed by atoms with E-state index in [1.807, 2.05) is 18.4 Å². The lowest BCUT2D eigenvalue weighted by Crippen LogP contribution is -2.52. The first-order valence-electron chi connectivity index (χ1n) is 7.56. The summed E-state index contributed by atoms with van der Waals surface area (Å²) in [6, 6.07) is 1.98. The average molecular weight is 309 g/mol. The molecule has 1 aromatic rings. The van der Waals surface area contributed by atoms with Gasteiger partial charge in [0.2, 0.25) is 0 Å². The van der Waals surface area contributed by atoms with E-state index in [2.05, 4.69) is 0 Å². The normalized spacial score (nSPS) is 17.4. The van der Waals surface area contributed by atoms with Crippen LogP contribution in [0.4, 0.5) is 0 Å². The Hall–Kier alpha value is -1.36. The molecule has 1 aliphatic carbocycles. The number of carbonyl (C=O) groups excluding carboxylic acids is 1. The van der Waals surface area contributed by atoms with Gasteiger partial charge in [-0.25, -0.2) is 0 Å². The standard InChI is InChI=1S/C16H23NO3S/c1-3-12-7-10-21-14(12)15(20)17(2)16(11-13(18)19)8-5-4-6-9-16/h7,10H,3-6,8-9,11H2,1-2H3,(H,18,19). The van der Waals surface area contributed by atoms with Crippen LogP contribution in [0.1, 0.15) is 60.7 Å². The molecule has 4 nitrogen and oxygen atoms in total. The predicted molar refractivity (Wildman–Crippen MR) is 83.9 cm³/mol. The molecule has 1 heterocycles. The lowest BCUT2D eigenvalue weighted by atomic mass is 9.78. The summed E-state index contributed by atoms with van der Waals surface area (Å²) in [5.41, 5.74) is 0.536. The zero-order valence-electron chi connectivity index (χ0n) is 12.7. The predicted octanol–water partition coefficient (Wildman–Crippen LogP) is 3.56. The van der Waals surface area contributed by atoms with Gasteiger partial charge in [-0.3, -0.25) is 9.59 Å². The molecule has 0 unspecified atom stereocenters. The Morgan fingerprint density at radius 1 is 1.33 bits per heavy atom. The van der Waals surface area contributed by atoms with Gasteiger partial charge in [0.05, 0.1) is 16.8 Å². The van der Waals surface area contributed by atoms with Crippen molar-refractivity contribution in [2.45, 2.75) is 57.4 Å². The number of thiophene rings is 1. The summed E-state index contributed by atoms with van der Waals surface area (Å²) < 4.78 is 0. The van der Waals surface area contributed by atoms with Gasteiger partial charge in [0.1, 0.15) is 0 Å². The average Bonchev–Trinajstić information content (AvgIpc) is 2.94. The molecule has 0 atom stereocenters. The maximum absolute atomic E-state index is 12.8. The molecule has 1 fully saturated rings. The maximum Gasteiger partial charge on any atom is 0.305 e. The van der Waals surface area contributed by atoms with Crippen LogP contribution in [0.25, 0.3) is 0 Å². The van der Waals surface area contributed by atoms with Gasteiger partial charge in [-0.2, -0.15) is 0 Å². The summed E-state index contributed by atoms with van der Waals surface area (Å²) in [7, 11) is 1.77. The van der Waals surface area contributed by atoms with Gasteiger partial charge in [-0.1, -0.05) is 26.2 Å². The molecule has 2 rings (SSSR count). The molecule has 0 bridgehead atoms. The molecule has 0 aliphatic heterocycles. The molecule has 116 valence electrons. The largest absolute Gasteiger partial charge is 0.481 e. The minimum absolute atomic E-state index is 0.0231. The van der Waals surface area contributed by atoms with Crippen LogP contribution in [0.2, 0.25) is 0 Å². The Bertz CT molecular complexity index is 517. The summed E-state index contributed by atoms with van der Waals surface area (Å²) in [5.74, 6) is -0.844. The van der Waals surface area contributed by atoms with Crippen molar-refractivity contribution in [2.24, 2.45) is 0 Å². The van der Waals surface area contributed by atoms with Crippen LogP contribution in [0.5, 0.6) is 0 Å². The fourth-order valence-corrected chi connectivity index (χ4v) is 4.26. The van der Waals surface area contributed by atoms with E-state index >= 15 is 0 Å². The van der Waals surface area contributed by atoms with Gasteiger partial charge in [-0.05, 0) is 36.3 Å². The Balaban J connectivity index is 2.27. The molecule has 1 N–H and O–H groups in total. The number of aliphatic carboxylic acids is 1. The summed E-state index contributed by atoms with van der Waals surface area (Å²) in [5, 5.41) is 11.2. The fourth-order valence-electron chi connectivity index (χ4n) is 3.29. The molecule has 0 spiro atoms. The highest BCUT2D eigenvalue weighted by atomic mass is 32.1. The second kappa shape index (κ2) is 6.60. The number of carbonyl (C=O) groups is 2. The van der Waals surface area contributed by atoms with Crippen molar-refractivity contribution < 1.29 is 14.7 Å². The van der Waals surface area contributed by atoms with Gasteiger partial charge >= 0.3 is 5.97 Å². The number of hydrogen-bond acceptors (Lipinski definition) is 3. The molecular formula is C16H23NO3S. The molecule has 0 saturated heterocycles. The lowest BCUT2D eigenvalue weighted by molar-refractivity contribution is -0.140. The van der Waals surface area contributed by atoms with Gasteiger partial charge in [0.15, 0.2) is 0 Å². The number of amides is 1. The SMILES string of the molecule is CCc1ccsc1C(=O)N(C)C1(CC(=O)O)CCCCC1. The molecule has 1 amide bonds. The molecular weight excluding hydrogens is 286 g/mol. The van der Waals surface area contributed by atoms with Crippen LogP contribution < -0.4 is 0 Å². The first-order chi connectivity index (χ1) is 10.00. The Labute approximate surface area is 129 Å². The molecule has 5 heteroatoms. The number of carboxylic acid groups (broad SMARTS) is 1. The number of rotatable bonds is 5. The van der Waals surface area contributed by atoms with E-state index in [1.165, 1.54) is 11.3 Å². The third-order valence-electron chi connectivity index (χ3n) is 4.60. The zero-order valence-corrected chi connectivity index (χ0v) is 13.5. The topological polar surface area (TPSA) is 57.6 Å². The first-order valence-corrected chi connectivity index (χ1v) is 8.44. The minimum Gasteiger partial charge on any atom is -0.481 e. The molecule has 1 aliphatic rings. The number of carboxylic acids is 1. The molecule has 0 aromatic carbocycles. The third kappa shape index (κ3) is 3.28. The van der Waals surface area contributed by atoms with Crippen LogP contribution in [0.15, 0.2) is 11.4 Å². The third-order valence-corrected chi connectivity index (χ3v) is 5.55. The minimum atomic E-state index is -0.821. The van der Waals surface area contributed by atoms with Crippen LogP contribution >= 0.6 is 11.3 Å². The van der Waals surface area contributed by atoms with Crippen molar-refractivity contribution in [1.82, 2.24) is 4.90 Å². The fraction of sp³-hybridized carbons (Fsp3) is 0.625. The molecule has 21 heavy (non-hydrogen) atoms. The second-order valence-electron chi connectivity index (χ2n) is 5.85. The van der Waals surface area contributed by atoms with E-state index in [-0.39, 0.29) is 12.3 Å². The monoisotopic (exact) mass is 309 g/mol. The summed E-state index contributed by atoms with van der Waals surface area (Å²) in [6.45, 7) is 2.03. The highest BCUT2D eigenvalue weighted by Gasteiger charge is 2.41. The van der Waals surface area contributed by atoms with E-state index in [0.717, 1.165) is 49.0 Å². The van der Waals surface area contributed by atoms with Crippen molar-refractivity contribution in [3.8, 4) is 0 Å². The molecule has 1 aromatic heterocycles. The van der Waals surface area contributed by atoms with Gasteiger partial charge in [-0.15, -0.1) is 11.3 Å². The van der Waals surface area contributed by atoms with Crippen LogP contribution in [-0.2, 0) is 11.2 Å². The summed E-state index contributed by atoms with van der Waals surface area (Å²) in [6.07, 6.45) is 5.56. The van der Waals surface area contributed by atoms with Crippen molar-refractivity contribution in [2.75, 3.05) is 7.05 Å². The molecule has 1 saturated carbocycles. The lowest BCUT2D eigenvalue weighted by Gasteiger charge is -2.43. The quantitative estimate of drug-likeness (QED) is 0.904. The van der Waals surface area contributed by atoms with Crippen LogP contribution in [-0.4, -0.2) is 34.5 Å². The van der Waals surface area contributed by atoms with Crippen LogP contribution in [0.3, 0.4) is 0 Å². The number of aryl methyl sites for hydroxylation is 1. The smallest absolute Gasteiger partial charge is 0.305 e. The van der Waals surface area contributed by atoms with Gasteiger partial charge in [0.25, 0.3) is 5.91 Å². The van der Waals surface area contributed by atoms with E-state index in [9.17, 15) is 14.7 Å². The van der Waals surface area contributed by atoms with Crippen molar-refractivity contribution in [3.63, 3.8) is 0 Å². The van der Waals surface area contributed by atoms with E-state index in [1.54, 1.807) is 11.9 Å². The highest BCUT2D eigenvalue weighted by molar-refractivity contribution is 7.12. The second-order valence-corrected chi connectivity index (χ2v) is 6.76. The van der Waals surface area contributed by atoms with E-state index in [4.69, 9.17) is 0 Å². The zero-order chi connectivity index (χ0) is 15.5. The maximum atomic E-state index is 12.8. The summed E-state index contributed by atoms with van der Waals surface area (Å²) in [4.78, 5) is 26.6. The Morgan fingerprint density at radius 3 is 2.57 bits per heavy atom. The Kier molecular flexibility index (Phi) is 5.04. The summed E-state index contributed by atoms with van der Waals surface area (Å²) >= 11 is 1.45. The van der Waals surface area contributed by atoms with Crippen molar-refractivity contribution >= 4 is 23.2 Å². The van der Waals surface area contributed by atoms with Crippen molar-refractivity contribution in [1.29, 1.82) is 0 Å². The van der Waals surface area contributed by atoms with E-state index < -0.39 is 11.5 Å². The van der Waals surface area contributed by atoms with Gasteiger partial charge < -0.3 is 10.0 Å². The van der Waals surface area contributed by atoms with Crippen molar-refractivity contribution in [3.05, 3.63) is 21.9 Å². The number of nitrogens with zero attached hydrogens (tertiary/aromatic N) is 1. The van der Waals surface area contributed by atoms with E-state index in [0.29, 0.717) is 0 Å². The molecule has 0 radical (unpaired) electrons.